The van der Waals surface area contributed by atoms with Gasteiger partial charge in [-0.2, -0.15) is 5.10 Å². The van der Waals surface area contributed by atoms with Crippen LogP contribution in [0, 0.1) is 0 Å². The van der Waals surface area contributed by atoms with Gasteiger partial charge in [-0.3, -0.25) is 15.1 Å². The van der Waals surface area contributed by atoms with E-state index in [9.17, 15) is 0 Å². The SMILES string of the molecule is CCc1[nH]nc(-c2cnccn2)c1CNC. The van der Waals surface area contributed by atoms with Gasteiger partial charge in [-0.1, -0.05) is 6.92 Å². The quantitative estimate of drug-likeness (QED) is 0.806. The van der Waals surface area contributed by atoms with Crippen LogP contribution < -0.4 is 5.32 Å². The molecule has 0 atom stereocenters. The third kappa shape index (κ3) is 1.94. The zero-order valence-electron chi connectivity index (χ0n) is 9.49. The molecule has 0 bridgehead atoms. The number of nitrogens with one attached hydrogen (secondary N) is 2. The molecule has 0 aliphatic rings. The molecule has 0 amide bonds. The highest BCUT2D eigenvalue weighted by molar-refractivity contribution is 5.58. The number of aromatic amines is 1. The van der Waals surface area contributed by atoms with Gasteiger partial charge in [0.2, 0.25) is 0 Å². The number of hydrogen-bond donors (Lipinski definition) is 2. The summed E-state index contributed by atoms with van der Waals surface area (Å²) in [6.45, 7) is 2.89. The molecule has 0 aliphatic carbocycles. The third-order valence-corrected chi connectivity index (χ3v) is 2.47. The van der Waals surface area contributed by atoms with Crippen LogP contribution in [-0.2, 0) is 13.0 Å². The molecule has 0 aromatic carbocycles. The van der Waals surface area contributed by atoms with Crippen LogP contribution in [-0.4, -0.2) is 27.2 Å². The van der Waals surface area contributed by atoms with E-state index >= 15 is 0 Å². The third-order valence-electron chi connectivity index (χ3n) is 2.47. The Balaban J connectivity index is 2.44. The maximum atomic E-state index is 4.31. The molecule has 5 nitrogen and oxygen atoms in total. The van der Waals surface area contributed by atoms with E-state index in [0.29, 0.717) is 0 Å². The second-order valence-electron chi connectivity index (χ2n) is 3.50. The monoisotopic (exact) mass is 217 g/mol. The average Bonchev–Trinajstić information content (AvgIpc) is 2.74. The molecule has 2 aromatic rings. The molecular weight excluding hydrogens is 202 g/mol. The highest BCUT2D eigenvalue weighted by Gasteiger charge is 2.13. The predicted octanol–water partition coefficient (Wildman–Crippen LogP) is 1.15. The van der Waals surface area contributed by atoms with Crippen molar-refractivity contribution < 1.29 is 0 Å². The standard InChI is InChI=1S/C11H15N5/c1-3-9-8(6-12-2)11(16-15-9)10-7-13-4-5-14-10/h4-5,7,12H,3,6H2,1-2H3,(H,15,16). The Morgan fingerprint density at radius 1 is 1.38 bits per heavy atom. The second-order valence-corrected chi connectivity index (χ2v) is 3.50. The summed E-state index contributed by atoms with van der Waals surface area (Å²) in [5.74, 6) is 0. The van der Waals surface area contributed by atoms with Crippen molar-refractivity contribution in [1.29, 1.82) is 0 Å². The van der Waals surface area contributed by atoms with E-state index in [0.717, 1.165) is 30.0 Å². The van der Waals surface area contributed by atoms with E-state index in [2.05, 4.69) is 32.4 Å². The lowest BCUT2D eigenvalue weighted by molar-refractivity contribution is 0.805. The van der Waals surface area contributed by atoms with E-state index in [4.69, 9.17) is 0 Å². The van der Waals surface area contributed by atoms with Gasteiger partial charge in [0.05, 0.1) is 6.20 Å². The summed E-state index contributed by atoms with van der Waals surface area (Å²) in [7, 11) is 1.92. The van der Waals surface area contributed by atoms with Gasteiger partial charge in [-0.05, 0) is 13.5 Å². The fourth-order valence-electron chi connectivity index (χ4n) is 1.69. The first kappa shape index (κ1) is 10.8. The van der Waals surface area contributed by atoms with Crippen molar-refractivity contribution in [2.75, 3.05) is 7.05 Å². The molecule has 0 saturated heterocycles. The van der Waals surface area contributed by atoms with Crippen molar-refractivity contribution in [2.45, 2.75) is 19.9 Å². The maximum Gasteiger partial charge on any atom is 0.117 e. The lowest BCUT2D eigenvalue weighted by Crippen LogP contribution is -2.07. The molecule has 2 rings (SSSR count). The first-order valence-corrected chi connectivity index (χ1v) is 5.34. The van der Waals surface area contributed by atoms with E-state index < -0.39 is 0 Å². The van der Waals surface area contributed by atoms with Crippen molar-refractivity contribution >= 4 is 0 Å². The summed E-state index contributed by atoms with van der Waals surface area (Å²) >= 11 is 0. The molecule has 0 radical (unpaired) electrons. The second kappa shape index (κ2) is 4.85. The van der Waals surface area contributed by atoms with Crippen LogP contribution >= 0.6 is 0 Å². The van der Waals surface area contributed by atoms with Crippen molar-refractivity contribution in [3.63, 3.8) is 0 Å². The molecule has 16 heavy (non-hydrogen) atoms. The molecule has 2 N–H and O–H groups in total. The smallest absolute Gasteiger partial charge is 0.117 e. The highest BCUT2D eigenvalue weighted by atomic mass is 15.1. The minimum atomic E-state index is 0.783. The van der Waals surface area contributed by atoms with Gasteiger partial charge in [0.1, 0.15) is 11.4 Å². The minimum Gasteiger partial charge on any atom is -0.316 e. The summed E-state index contributed by atoms with van der Waals surface area (Å²) in [6.07, 6.45) is 6.01. The summed E-state index contributed by atoms with van der Waals surface area (Å²) in [5.41, 5.74) is 4.02. The Labute approximate surface area is 94.3 Å². The summed E-state index contributed by atoms with van der Waals surface area (Å²) in [4.78, 5) is 8.33. The van der Waals surface area contributed by atoms with Gasteiger partial charge in [-0.25, -0.2) is 0 Å². The topological polar surface area (TPSA) is 66.5 Å². The molecule has 0 fully saturated rings. The Morgan fingerprint density at radius 3 is 2.88 bits per heavy atom. The van der Waals surface area contributed by atoms with Crippen LogP contribution in [0.3, 0.4) is 0 Å². The van der Waals surface area contributed by atoms with E-state index in [1.807, 2.05) is 7.05 Å². The Morgan fingerprint density at radius 2 is 2.25 bits per heavy atom. The van der Waals surface area contributed by atoms with Crippen LogP contribution in [0.4, 0.5) is 0 Å². The van der Waals surface area contributed by atoms with Crippen LogP contribution in [0.15, 0.2) is 18.6 Å². The molecule has 0 saturated carbocycles. The largest absolute Gasteiger partial charge is 0.316 e. The number of aromatic nitrogens is 4. The number of nitrogens with zero attached hydrogens (tertiary/aromatic N) is 3. The van der Waals surface area contributed by atoms with Gasteiger partial charge in [0, 0.05) is 30.2 Å². The molecule has 84 valence electrons. The fourth-order valence-corrected chi connectivity index (χ4v) is 1.69. The zero-order chi connectivity index (χ0) is 11.4. The fraction of sp³-hybridized carbons (Fsp3) is 0.364. The minimum absolute atomic E-state index is 0.783. The molecule has 0 unspecified atom stereocenters. The molecule has 2 heterocycles. The van der Waals surface area contributed by atoms with Gasteiger partial charge in [0.15, 0.2) is 0 Å². The van der Waals surface area contributed by atoms with Crippen LogP contribution in [0.2, 0.25) is 0 Å². The summed E-state index contributed by atoms with van der Waals surface area (Å²) in [6, 6.07) is 0. The first-order valence-electron chi connectivity index (χ1n) is 5.34. The zero-order valence-corrected chi connectivity index (χ0v) is 9.49. The van der Waals surface area contributed by atoms with E-state index in [1.165, 1.54) is 5.56 Å². The lowest BCUT2D eigenvalue weighted by Gasteiger charge is -2.02. The van der Waals surface area contributed by atoms with Gasteiger partial charge in [0.25, 0.3) is 0 Å². The molecule has 2 aromatic heterocycles. The molecule has 5 heteroatoms. The van der Waals surface area contributed by atoms with Crippen LogP contribution in [0.5, 0.6) is 0 Å². The first-order chi connectivity index (χ1) is 7.86. The van der Waals surface area contributed by atoms with Gasteiger partial charge >= 0.3 is 0 Å². The van der Waals surface area contributed by atoms with Gasteiger partial charge in [-0.15, -0.1) is 0 Å². The number of rotatable bonds is 4. The Bertz CT molecular complexity index is 449. The van der Waals surface area contributed by atoms with Crippen LogP contribution in [0.25, 0.3) is 11.4 Å². The predicted molar refractivity (Wildman–Crippen MR) is 61.8 cm³/mol. The molecular formula is C11H15N5. The summed E-state index contributed by atoms with van der Waals surface area (Å²) in [5, 5.41) is 10.5. The molecule has 0 spiro atoms. The number of aryl methyl sites for hydroxylation is 1. The van der Waals surface area contributed by atoms with Crippen LogP contribution in [0.1, 0.15) is 18.2 Å². The van der Waals surface area contributed by atoms with Crippen molar-refractivity contribution in [3.8, 4) is 11.4 Å². The van der Waals surface area contributed by atoms with E-state index in [1.54, 1.807) is 18.6 Å². The average molecular weight is 217 g/mol. The normalized spacial score (nSPS) is 10.6. The number of hydrogen-bond acceptors (Lipinski definition) is 4. The van der Waals surface area contributed by atoms with Crippen molar-refractivity contribution in [2.24, 2.45) is 0 Å². The Kier molecular flexibility index (Phi) is 3.26. The highest BCUT2D eigenvalue weighted by Crippen LogP contribution is 2.21. The van der Waals surface area contributed by atoms with Gasteiger partial charge < -0.3 is 5.32 Å². The van der Waals surface area contributed by atoms with E-state index in [-0.39, 0.29) is 0 Å². The van der Waals surface area contributed by atoms with Crippen molar-refractivity contribution in [1.82, 2.24) is 25.5 Å². The maximum absolute atomic E-state index is 4.31. The lowest BCUT2D eigenvalue weighted by atomic mass is 10.1. The Hall–Kier alpha value is -1.75. The molecule has 0 aliphatic heterocycles. The number of H-pyrrole nitrogens is 1. The van der Waals surface area contributed by atoms with Crippen molar-refractivity contribution in [3.05, 3.63) is 29.8 Å². The summed E-state index contributed by atoms with van der Waals surface area (Å²) < 4.78 is 0.